The maximum Gasteiger partial charge on any atom is 0.123 e. The molecule has 2 nitrogen and oxygen atoms in total. The summed E-state index contributed by atoms with van der Waals surface area (Å²) in [5.41, 5.74) is 1.24. The molecule has 0 aliphatic carbocycles. The number of piperidine rings is 1. The second-order valence-corrected chi connectivity index (χ2v) is 6.85. The Morgan fingerprint density at radius 2 is 1.64 bits per heavy atom. The Hall–Kier alpha value is -1.29. The summed E-state index contributed by atoms with van der Waals surface area (Å²) in [4.78, 5) is 2.46. The molecular weight excluding hydrogens is 360 g/mol. The van der Waals surface area contributed by atoms with E-state index in [9.17, 15) is 4.39 Å². The van der Waals surface area contributed by atoms with Crippen molar-refractivity contribution in [2.45, 2.75) is 19.3 Å². The summed E-state index contributed by atoms with van der Waals surface area (Å²) < 4.78 is 18.7. The van der Waals surface area contributed by atoms with Crippen molar-refractivity contribution in [1.82, 2.24) is 4.90 Å². The summed E-state index contributed by atoms with van der Waals surface area (Å²) in [6.07, 6.45) is 3.44. The van der Waals surface area contributed by atoms with E-state index in [4.69, 9.17) is 16.3 Å². The van der Waals surface area contributed by atoms with Crippen LogP contribution < -0.4 is 4.74 Å². The van der Waals surface area contributed by atoms with E-state index in [1.54, 1.807) is 12.1 Å². The van der Waals surface area contributed by atoms with Gasteiger partial charge in [-0.2, -0.15) is 0 Å². The molecule has 1 aliphatic heterocycles. The number of likely N-dealkylation sites (tertiary alicyclic amines) is 1. The molecule has 1 heterocycles. The Morgan fingerprint density at radius 3 is 2.28 bits per heavy atom. The molecule has 1 saturated heterocycles. The van der Waals surface area contributed by atoms with Gasteiger partial charge < -0.3 is 4.74 Å². The Morgan fingerprint density at radius 1 is 1.00 bits per heavy atom. The van der Waals surface area contributed by atoms with Gasteiger partial charge >= 0.3 is 0 Å². The molecule has 136 valence electrons. The third kappa shape index (κ3) is 6.50. The SMILES string of the molecule is Cl.Fc1ccc(CC2CCN(CCOc3ccc(Cl)cc3)CC2)cc1. The van der Waals surface area contributed by atoms with Crippen molar-refractivity contribution in [2.75, 3.05) is 26.2 Å². The zero-order valence-corrected chi connectivity index (χ0v) is 15.7. The first-order valence-corrected chi connectivity index (χ1v) is 8.92. The van der Waals surface area contributed by atoms with Crippen molar-refractivity contribution >= 4 is 24.0 Å². The van der Waals surface area contributed by atoms with Gasteiger partial charge in [-0.25, -0.2) is 4.39 Å². The smallest absolute Gasteiger partial charge is 0.123 e. The van der Waals surface area contributed by atoms with E-state index >= 15 is 0 Å². The first kappa shape index (κ1) is 20.0. The molecule has 1 fully saturated rings. The summed E-state index contributed by atoms with van der Waals surface area (Å²) in [7, 11) is 0. The summed E-state index contributed by atoms with van der Waals surface area (Å²) in [6.45, 7) is 3.86. The highest BCUT2D eigenvalue weighted by molar-refractivity contribution is 6.30. The Bertz CT molecular complexity index is 625. The molecule has 0 unspecified atom stereocenters. The average Bonchev–Trinajstić information content (AvgIpc) is 2.60. The van der Waals surface area contributed by atoms with E-state index < -0.39 is 0 Å². The third-order valence-corrected chi connectivity index (χ3v) is 4.89. The first-order valence-electron chi connectivity index (χ1n) is 8.54. The van der Waals surface area contributed by atoms with E-state index in [0.29, 0.717) is 12.5 Å². The minimum absolute atomic E-state index is 0. The zero-order chi connectivity index (χ0) is 16.8. The minimum atomic E-state index is -0.158. The van der Waals surface area contributed by atoms with E-state index in [1.165, 1.54) is 18.4 Å². The van der Waals surface area contributed by atoms with E-state index in [2.05, 4.69) is 4.90 Å². The highest BCUT2D eigenvalue weighted by Crippen LogP contribution is 2.22. The normalized spacial score (nSPS) is 15.6. The molecule has 1 aliphatic rings. The third-order valence-electron chi connectivity index (χ3n) is 4.63. The van der Waals surface area contributed by atoms with Crippen molar-refractivity contribution in [3.63, 3.8) is 0 Å². The zero-order valence-electron chi connectivity index (χ0n) is 14.2. The van der Waals surface area contributed by atoms with Gasteiger partial charge in [0.2, 0.25) is 0 Å². The molecular formula is C20H24Cl2FNO. The van der Waals surface area contributed by atoms with Crippen LogP contribution in [0.25, 0.3) is 0 Å². The predicted molar refractivity (Wildman–Crippen MR) is 103 cm³/mol. The molecule has 2 aromatic rings. The predicted octanol–water partition coefficient (Wildman–Crippen LogP) is 5.23. The second kappa shape index (κ2) is 10.0. The lowest BCUT2D eigenvalue weighted by atomic mass is 9.90. The standard InChI is InChI=1S/C20H23ClFNO.ClH/c21-18-3-7-20(8-4-18)24-14-13-23-11-9-17(10-12-23)15-16-1-5-19(22)6-2-16;/h1-8,17H,9-15H2;1H. The van der Waals surface area contributed by atoms with Gasteiger partial charge in [0.05, 0.1) is 0 Å². The van der Waals surface area contributed by atoms with Gasteiger partial charge in [0, 0.05) is 11.6 Å². The van der Waals surface area contributed by atoms with Crippen LogP contribution in [0.4, 0.5) is 4.39 Å². The molecule has 0 atom stereocenters. The van der Waals surface area contributed by atoms with E-state index in [0.717, 1.165) is 36.8 Å². The monoisotopic (exact) mass is 383 g/mol. The molecule has 0 amide bonds. The Labute approximate surface area is 160 Å². The number of ether oxygens (including phenoxy) is 1. The van der Waals surface area contributed by atoms with Crippen LogP contribution in [0.1, 0.15) is 18.4 Å². The largest absolute Gasteiger partial charge is 0.492 e. The number of hydrogen-bond donors (Lipinski definition) is 0. The van der Waals surface area contributed by atoms with E-state index in [-0.39, 0.29) is 18.2 Å². The topological polar surface area (TPSA) is 12.5 Å². The van der Waals surface area contributed by atoms with Crippen LogP contribution in [-0.2, 0) is 6.42 Å². The first-order chi connectivity index (χ1) is 11.7. The van der Waals surface area contributed by atoms with Crippen molar-refractivity contribution in [3.05, 3.63) is 64.9 Å². The minimum Gasteiger partial charge on any atom is -0.492 e. The molecule has 5 heteroatoms. The number of nitrogens with zero attached hydrogens (tertiary/aromatic N) is 1. The highest BCUT2D eigenvalue weighted by Gasteiger charge is 2.19. The lowest BCUT2D eigenvalue weighted by molar-refractivity contribution is 0.155. The molecule has 0 saturated carbocycles. The van der Waals surface area contributed by atoms with Crippen LogP contribution in [0.5, 0.6) is 5.75 Å². The number of benzene rings is 2. The number of hydrogen-bond acceptors (Lipinski definition) is 2. The molecule has 2 aromatic carbocycles. The van der Waals surface area contributed by atoms with Crippen molar-refractivity contribution in [1.29, 1.82) is 0 Å². The number of halogens is 3. The maximum atomic E-state index is 13.0. The van der Waals surface area contributed by atoms with Gasteiger partial charge in [-0.3, -0.25) is 4.90 Å². The molecule has 0 spiro atoms. The van der Waals surface area contributed by atoms with E-state index in [1.807, 2.05) is 36.4 Å². The fourth-order valence-corrected chi connectivity index (χ4v) is 3.32. The molecule has 0 bridgehead atoms. The van der Waals surface area contributed by atoms with Crippen molar-refractivity contribution in [2.24, 2.45) is 5.92 Å². The fraction of sp³-hybridized carbons (Fsp3) is 0.400. The van der Waals surface area contributed by atoms with Gasteiger partial charge in [-0.15, -0.1) is 12.4 Å². The van der Waals surface area contributed by atoms with Crippen LogP contribution in [0.2, 0.25) is 5.02 Å². The van der Waals surface area contributed by atoms with Crippen molar-refractivity contribution < 1.29 is 9.13 Å². The average molecular weight is 384 g/mol. The van der Waals surface area contributed by atoms with Crippen LogP contribution in [0, 0.1) is 11.7 Å². The van der Waals surface area contributed by atoms with Crippen LogP contribution in [0.15, 0.2) is 48.5 Å². The summed E-state index contributed by atoms with van der Waals surface area (Å²) in [5, 5.41) is 0.727. The molecule has 0 radical (unpaired) electrons. The summed E-state index contributed by atoms with van der Waals surface area (Å²) >= 11 is 5.86. The number of rotatable bonds is 6. The van der Waals surface area contributed by atoms with Gasteiger partial charge in [0.1, 0.15) is 18.2 Å². The maximum absolute atomic E-state index is 13.0. The van der Waals surface area contributed by atoms with Gasteiger partial charge in [0.15, 0.2) is 0 Å². The Kier molecular flexibility index (Phi) is 8.01. The molecule has 0 aromatic heterocycles. The highest BCUT2D eigenvalue weighted by atomic mass is 35.5. The quantitative estimate of drug-likeness (QED) is 0.676. The Balaban J connectivity index is 0.00000225. The fourth-order valence-electron chi connectivity index (χ4n) is 3.19. The van der Waals surface area contributed by atoms with Crippen LogP contribution in [0.3, 0.4) is 0 Å². The summed E-state index contributed by atoms with van der Waals surface area (Å²) in [5.74, 6) is 1.41. The summed E-state index contributed by atoms with van der Waals surface area (Å²) in [6, 6.07) is 14.4. The molecule has 0 N–H and O–H groups in total. The molecule has 25 heavy (non-hydrogen) atoms. The van der Waals surface area contributed by atoms with Gasteiger partial charge in [-0.05, 0) is 80.2 Å². The van der Waals surface area contributed by atoms with Crippen molar-refractivity contribution in [3.8, 4) is 5.75 Å². The van der Waals surface area contributed by atoms with Gasteiger partial charge in [-0.1, -0.05) is 23.7 Å². The van der Waals surface area contributed by atoms with Crippen LogP contribution in [-0.4, -0.2) is 31.1 Å². The van der Waals surface area contributed by atoms with Gasteiger partial charge in [0.25, 0.3) is 0 Å². The van der Waals surface area contributed by atoms with Crippen LogP contribution >= 0.6 is 24.0 Å². The lowest BCUT2D eigenvalue weighted by Gasteiger charge is -2.31. The lowest BCUT2D eigenvalue weighted by Crippen LogP contribution is -2.37. The second-order valence-electron chi connectivity index (χ2n) is 6.42. The molecule has 3 rings (SSSR count).